The van der Waals surface area contributed by atoms with Crippen molar-refractivity contribution in [3.63, 3.8) is 0 Å². The van der Waals surface area contributed by atoms with E-state index in [1.54, 1.807) is 12.1 Å². The third-order valence-electron chi connectivity index (χ3n) is 5.19. The fraction of sp³-hybridized carbons (Fsp3) is 0.600. The molecule has 6 heteroatoms. The van der Waals surface area contributed by atoms with E-state index in [2.05, 4.69) is 20.9 Å². The predicted molar refractivity (Wildman–Crippen MR) is 105 cm³/mol. The third-order valence-corrected chi connectivity index (χ3v) is 5.19. The molecule has 2 aliphatic heterocycles. The topological polar surface area (TPSA) is 73.5 Å². The van der Waals surface area contributed by atoms with Gasteiger partial charge in [-0.25, -0.2) is 0 Å². The van der Waals surface area contributed by atoms with Crippen LogP contribution in [-0.4, -0.2) is 48.9 Å². The summed E-state index contributed by atoms with van der Waals surface area (Å²) in [5.41, 5.74) is 2.12. The van der Waals surface area contributed by atoms with Crippen molar-refractivity contribution in [2.75, 3.05) is 36.8 Å². The number of fused-ring (bicyclic) bond motifs is 1. The normalized spacial score (nSPS) is 20.3. The molecule has 0 radical (unpaired) electrons. The molecule has 6 nitrogen and oxygen atoms in total. The van der Waals surface area contributed by atoms with Crippen molar-refractivity contribution < 1.29 is 9.59 Å². The number of carbonyl (C=O) groups excluding carboxylic acids is 2. The molecule has 1 atom stereocenters. The number of rotatable bonds is 6. The Morgan fingerprint density at radius 3 is 2.73 bits per heavy atom. The first-order valence-corrected chi connectivity index (χ1v) is 9.76. The van der Waals surface area contributed by atoms with Gasteiger partial charge in [0.15, 0.2) is 0 Å². The van der Waals surface area contributed by atoms with Crippen LogP contribution >= 0.6 is 0 Å². The summed E-state index contributed by atoms with van der Waals surface area (Å²) in [5, 5.41) is 9.15. The minimum Gasteiger partial charge on any atom is -0.372 e. The maximum absolute atomic E-state index is 12.4. The molecule has 26 heavy (non-hydrogen) atoms. The maximum atomic E-state index is 12.4. The van der Waals surface area contributed by atoms with E-state index in [1.165, 1.54) is 32.4 Å². The van der Waals surface area contributed by atoms with Crippen LogP contribution < -0.4 is 16.0 Å². The van der Waals surface area contributed by atoms with Gasteiger partial charge in [0, 0.05) is 12.1 Å². The van der Waals surface area contributed by atoms with Crippen LogP contribution in [0.3, 0.4) is 0 Å². The molecule has 2 heterocycles. The van der Waals surface area contributed by atoms with Gasteiger partial charge in [0.1, 0.15) is 6.04 Å². The smallest absolute Gasteiger partial charge is 0.251 e. The van der Waals surface area contributed by atoms with Gasteiger partial charge in [-0.15, -0.1) is 0 Å². The molecule has 0 saturated carbocycles. The Bertz CT molecular complexity index is 653. The third kappa shape index (κ3) is 4.55. The zero-order chi connectivity index (χ0) is 18.5. The van der Waals surface area contributed by atoms with Crippen molar-refractivity contribution in [3.05, 3.63) is 23.8 Å². The van der Waals surface area contributed by atoms with Gasteiger partial charge in [-0.1, -0.05) is 20.3 Å². The Morgan fingerprint density at radius 1 is 1.23 bits per heavy atom. The lowest BCUT2D eigenvalue weighted by atomic mass is 9.99. The van der Waals surface area contributed by atoms with Crippen LogP contribution in [0.5, 0.6) is 0 Å². The lowest BCUT2D eigenvalue weighted by Gasteiger charge is -2.29. The number of piperidine rings is 1. The molecule has 3 N–H and O–H groups in total. The lowest BCUT2D eigenvalue weighted by molar-refractivity contribution is -0.117. The van der Waals surface area contributed by atoms with E-state index < -0.39 is 0 Å². The van der Waals surface area contributed by atoms with E-state index in [0.717, 1.165) is 18.7 Å². The molecule has 0 spiro atoms. The van der Waals surface area contributed by atoms with Gasteiger partial charge >= 0.3 is 0 Å². The summed E-state index contributed by atoms with van der Waals surface area (Å²) in [5.74, 6) is 0.0595. The van der Waals surface area contributed by atoms with Crippen LogP contribution in [-0.2, 0) is 4.79 Å². The standard InChI is InChI=1S/C20H30N4O2/c1-14(2)18-20(26)23-17-13-15(7-8-16(17)22-18)19(25)21-9-6-12-24-10-4-3-5-11-24/h7-8,13-14,18,22H,3-6,9-12H2,1-2H3,(H,21,25)(H,23,26). The highest BCUT2D eigenvalue weighted by molar-refractivity contribution is 6.05. The quantitative estimate of drug-likeness (QED) is 0.684. The second kappa shape index (κ2) is 8.54. The predicted octanol–water partition coefficient (Wildman–Crippen LogP) is 2.68. The van der Waals surface area contributed by atoms with Gasteiger partial charge in [-0.05, 0) is 63.0 Å². The van der Waals surface area contributed by atoms with E-state index in [0.29, 0.717) is 17.8 Å². The Kier molecular flexibility index (Phi) is 6.14. The monoisotopic (exact) mass is 358 g/mol. The molecule has 1 unspecified atom stereocenters. The van der Waals surface area contributed by atoms with Crippen molar-refractivity contribution in [2.24, 2.45) is 5.92 Å². The maximum Gasteiger partial charge on any atom is 0.251 e. The van der Waals surface area contributed by atoms with Gasteiger partial charge in [0.2, 0.25) is 5.91 Å². The molecule has 3 rings (SSSR count). The van der Waals surface area contributed by atoms with Crippen molar-refractivity contribution in [3.8, 4) is 0 Å². The minimum absolute atomic E-state index is 0.0495. The van der Waals surface area contributed by atoms with E-state index in [9.17, 15) is 9.59 Å². The average molecular weight is 358 g/mol. The van der Waals surface area contributed by atoms with E-state index in [1.807, 2.05) is 19.9 Å². The van der Waals surface area contributed by atoms with Gasteiger partial charge < -0.3 is 20.9 Å². The highest BCUT2D eigenvalue weighted by Crippen LogP contribution is 2.29. The molecular formula is C20H30N4O2. The number of hydrogen-bond acceptors (Lipinski definition) is 4. The first-order valence-electron chi connectivity index (χ1n) is 9.76. The number of nitrogens with zero attached hydrogens (tertiary/aromatic N) is 1. The van der Waals surface area contributed by atoms with Crippen molar-refractivity contribution in [2.45, 2.75) is 45.6 Å². The van der Waals surface area contributed by atoms with Crippen molar-refractivity contribution in [1.29, 1.82) is 0 Å². The van der Waals surface area contributed by atoms with Crippen LogP contribution in [0.2, 0.25) is 0 Å². The molecule has 1 aromatic carbocycles. The number of hydrogen-bond donors (Lipinski definition) is 3. The summed E-state index contributed by atoms with van der Waals surface area (Å²) >= 11 is 0. The molecule has 2 amide bonds. The second-order valence-electron chi connectivity index (χ2n) is 7.63. The van der Waals surface area contributed by atoms with E-state index >= 15 is 0 Å². The van der Waals surface area contributed by atoms with Gasteiger partial charge in [-0.3, -0.25) is 9.59 Å². The molecule has 142 valence electrons. The number of nitrogens with one attached hydrogen (secondary N) is 3. The first-order chi connectivity index (χ1) is 12.5. The number of amides is 2. The number of anilines is 2. The average Bonchev–Trinajstić information content (AvgIpc) is 2.64. The number of likely N-dealkylation sites (tertiary alicyclic amines) is 1. The summed E-state index contributed by atoms with van der Waals surface area (Å²) < 4.78 is 0. The molecule has 0 bridgehead atoms. The lowest BCUT2D eigenvalue weighted by Crippen LogP contribution is -2.42. The van der Waals surface area contributed by atoms with Gasteiger partial charge in [0.05, 0.1) is 11.4 Å². The van der Waals surface area contributed by atoms with Crippen LogP contribution in [0.1, 0.15) is 49.9 Å². The van der Waals surface area contributed by atoms with Crippen LogP contribution in [0, 0.1) is 5.92 Å². The fourth-order valence-corrected chi connectivity index (χ4v) is 3.62. The second-order valence-corrected chi connectivity index (χ2v) is 7.63. The zero-order valence-electron chi connectivity index (χ0n) is 15.8. The Morgan fingerprint density at radius 2 is 2.00 bits per heavy atom. The molecule has 0 aliphatic carbocycles. The summed E-state index contributed by atoms with van der Waals surface area (Å²) in [6.45, 7) is 8.10. The minimum atomic E-state index is -0.239. The van der Waals surface area contributed by atoms with Crippen LogP contribution in [0.25, 0.3) is 0 Å². The Hall–Kier alpha value is -2.08. The fourth-order valence-electron chi connectivity index (χ4n) is 3.62. The molecular weight excluding hydrogens is 328 g/mol. The largest absolute Gasteiger partial charge is 0.372 e. The van der Waals surface area contributed by atoms with Crippen molar-refractivity contribution >= 4 is 23.2 Å². The van der Waals surface area contributed by atoms with Crippen molar-refractivity contribution in [1.82, 2.24) is 10.2 Å². The molecule has 0 aromatic heterocycles. The SMILES string of the molecule is CC(C)C1Nc2ccc(C(=O)NCCCN3CCCCC3)cc2NC1=O. The summed E-state index contributed by atoms with van der Waals surface area (Å²) in [6.07, 6.45) is 4.89. The summed E-state index contributed by atoms with van der Waals surface area (Å²) in [4.78, 5) is 27.0. The Labute approximate surface area is 155 Å². The summed E-state index contributed by atoms with van der Waals surface area (Å²) in [6, 6.07) is 5.18. The van der Waals surface area contributed by atoms with Crippen LogP contribution in [0.4, 0.5) is 11.4 Å². The number of benzene rings is 1. The summed E-state index contributed by atoms with van der Waals surface area (Å²) in [7, 11) is 0. The molecule has 1 aromatic rings. The molecule has 2 aliphatic rings. The zero-order valence-corrected chi connectivity index (χ0v) is 15.8. The Balaban J connectivity index is 1.51. The first kappa shape index (κ1) is 18.7. The molecule has 1 saturated heterocycles. The van der Waals surface area contributed by atoms with E-state index in [4.69, 9.17) is 0 Å². The highest BCUT2D eigenvalue weighted by Gasteiger charge is 2.28. The molecule has 1 fully saturated rings. The van der Waals surface area contributed by atoms with E-state index in [-0.39, 0.29) is 23.8 Å². The number of carbonyl (C=O) groups is 2. The van der Waals surface area contributed by atoms with Gasteiger partial charge in [0.25, 0.3) is 5.91 Å². The highest BCUT2D eigenvalue weighted by atomic mass is 16.2. The van der Waals surface area contributed by atoms with Gasteiger partial charge in [-0.2, -0.15) is 0 Å². The van der Waals surface area contributed by atoms with Crippen LogP contribution in [0.15, 0.2) is 18.2 Å².